The van der Waals surface area contributed by atoms with Gasteiger partial charge in [0.1, 0.15) is 23.5 Å². The van der Waals surface area contributed by atoms with Crippen molar-refractivity contribution >= 4 is 76.3 Å². The Morgan fingerprint density at radius 2 is 1.18 bits per heavy atom. The highest BCUT2D eigenvalue weighted by Crippen LogP contribution is 2.61. The maximum absolute atomic E-state index is 12.9. The Balaban J connectivity index is 0.000000336. The predicted octanol–water partition coefficient (Wildman–Crippen LogP) is 9.45. The van der Waals surface area contributed by atoms with Gasteiger partial charge in [-0.05, 0) is 144 Å². The number of fused-ring (bicyclic) bond motifs is 1. The van der Waals surface area contributed by atoms with Crippen LogP contribution in [-0.4, -0.2) is 88.9 Å². The van der Waals surface area contributed by atoms with Crippen molar-refractivity contribution < 1.29 is 62.0 Å². The van der Waals surface area contributed by atoms with Crippen LogP contribution >= 0.6 is 27.9 Å². The number of ether oxygens (including phenoxy) is 5. The van der Waals surface area contributed by atoms with Crippen molar-refractivity contribution in [3.05, 3.63) is 148 Å². The fourth-order valence-electron chi connectivity index (χ4n) is 6.05. The van der Waals surface area contributed by atoms with E-state index < -0.39 is 42.4 Å². The van der Waals surface area contributed by atoms with Gasteiger partial charge >= 0.3 is 17.9 Å². The molecular weight excluding hydrogens is 919 g/mol. The SMILES string of the molecule is COc1ccc(C(=O)Oc2ccc(OC(=O)c3ccc(OC(=O)c4ccc5c(c4)C(=O)N(C(C)(C)C)C5=O)cc3)cc2OC)cc1.Cc1ccc(C=O)cc1C(=O)N(C=O)SP(C)C(C)(C)P. The Hall–Kier alpha value is -6.73. The average molecular weight is 967 g/mol. The van der Waals surface area contributed by atoms with E-state index in [4.69, 9.17) is 23.7 Å². The highest BCUT2D eigenvalue weighted by Gasteiger charge is 2.42. The Morgan fingerprint density at radius 1 is 0.642 bits per heavy atom. The molecule has 1 aliphatic rings. The molecule has 18 heteroatoms. The Labute approximate surface area is 395 Å². The summed E-state index contributed by atoms with van der Waals surface area (Å²) in [6, 6.07) is 25.4. The molecule has 4 amide bonds. The first-order chi connectivity index (χ1) is 31.6. The van der Waals surface area contributed by atoms with Crippen molar-refractivity contribution in [3.8, 4) is 28.7 Å². The molecule has 0 aromatic heterocycles. The molecule has 5 aromatic carbocycles. The van der Waals surface area contributed by atoms with Crippen LogP contribution in [0.4, 0.5) is 0 Å². The van der Waals surface area contributed by atoms with Crippen LogP contribution in [0.25, 0.3) is 0 Å². The van der Waals surface area contributed by atoms with E-state index in [1.165, 1.54) is 92.5 Å². The minimum atomic E-state index is -0.743. The number of hydrogen-bond donors (Lipinski definition) is 0. The van der Waals surface area contributed by atoms with Crippen LogP contribution in [-0.2, 0) is 4.79 Å². The Kier molecular flexibility index (Phi) is 16.6. The number of methoxy groups -OCH3 is 2. The van der Waals surface area contributed by atoms with Gasteiger partial charge in [0.2, 0.25) is 6.41 Å². The fourth-order valence-corrected chi connectivity index (χ4v) is 8.92. The molecule has 5 aromatic rings. The number of aryl methyl sites for hydroxylation is 1. The first-order valence-electron chi connectivity index (χ1n) is 20.3. The number of carbonyl (C=O) groups excluding carboxylic acids is 8. The van der Waals surface area contributed by atoms with Crippen LogP contribution in [0.5, 0.6) is 28.7 Å². The standard InChI is InChI=1S/C35H29NO10.C14H19NO3P2S/c1-35(2,3)36-30(37)26-16-10-22(18-27(26)31(36)38)34(41)44-24-13-8-20(9-14-24)32(39)45-25-15-17-28(29(19-25)43-5)46-33(40)21-6-11-23(42-4)12-7-21;1-10-5-6-11(8-16)7-12(10)13(18)15(9-17)21-20(4)14(2,3)19/h6-19H,1-5H3;5-9H,19H2,1-4H3. The van der Waals surface area contributed by atoms with Crippen molar-refractivity contribution in [1.82, 2.24) is 9.21 Å². The van der Waals surface area contributed by atoms with Crippen LogP contribution in [0.2, 0.25) is 0 Å². The normalized spacial score (nSPS) is 12.4. The van der Waals surface area contributed by atoms with Gasteiger partial charge in [0, 0.05) is 27.6 Å². The molecule has 0 spiro atoms. The van der Waals surface area contributed by atoms with Crippen molar-refractivity contribution in [2.75, 3.05) is 20.9 Å². The molecule has 2 unspecified atom stereocenters. The molecule has 0 N–H and O–H groups in total. The van der Waals surface area contributed by atoms with Crippen LogP contribution in [0.3, 0.4) is 0 Å². The molecule has 348 valence electrons. The molecule has 2 atom stereocenters. The summed E-state index contributed by atoms with van der Waals surface area (Å²) in [5.41, 5.74) is 1.73. The second-order valence-corrected chi connectivity index (χ2v) is 23.0. The molecule has 0 fully saturated rings. The van der Waals surface area contributed by atoms with Gasteiger partial charge in [-0.2, -0.15) is 0 Å². The molecule has 67 heavy (non-hydrogen) atoms. The zero-order valence-corrected chi connectivity index (χ0v) is 41.0. The molecule has 6 rings (SSSR count). The van der Waals surface area contributed by atoms with E-state index in [-0.39, 0.29) is 56.1 Å². The van der Waals surface area contributed by atoms with E-state index in [9.17, 15) is 38.4 Å². The monoisotopic (exact) mass is 966 g/mol. The van der Waals surface area contributed by atoms with Crippen molar-refractivity contribution in [1.29, 1.82) is 0 Å². The number of aldehydes is 1. The van der Waals surface area contributed by atoms with Crippen molar-refractivity contribution in [3.63, 3.8) is 0 Å². The molecule has 1 aliphatic heterocycles. The largest absolute Gasteiger partial charge is 0.497 e. The number of rotatable bonds is 14. The van der Waals surface area contributed by atoms with Crippen LogP contribution < -0.4 is 23.7 Å². The lowest BCUT2D eigenvalue weighted by Gasteiger charge is -2.29. The maximum atomic E-state index is 12.9. The Morgan fingerprint density at radius 3 is 1.73 bits per heavy atom. The van der Waals surface area contributed by atoms with Gasteiger partial charge in [-0.25, -0.2) is 18.7 Å². The molecule has 1 heterocycles. The smallest absolute Gasteiger partial charge is 0.343 e. The van der Waals surface area contributed by atoms with Crippen molar-refractivity contribution in [2.24, 2.45) is 0 Å². The molecular formula is C49H48N2O13P2S. The summed E-state index contributed by atoms with van der Waals surface area (Å²) in [7, 11) is 5.01. The number of nitrogens with zero attached hydrogens (tertiary/aromatic N) is 2. The molecule has 0 saturated heterocycles. The van der Waals surface area contributed by atoms with Gasteiger partial charge in [-0.15, -0.1) is 9.24 Å². The number of hydrogen-bond acceptors (Lipinski definition) is 14. The second kappa shape index (κ2) is 21.7. The summed E-state index contributed by atoms with van der Waals surface area (Å²) in [4.78, 5) is 99.5. The van der Waals surface area contributed by atoms with Gasteiger partial charge in [-0.3, -0.25) is 28.9 Å². The van der Waals surface area contributed by atoms with Gasteiger partial charge < -0.3 is 23.7 Å². The summed E-state index contributed by atoms with van der Waals surface area (Å²) in [6.45, 7) is 13.1. The molecule has 15 nitrogen and oxygen atoms in total. The first-order valence-corrected chi connectivity index (χ1v) is 24.0. The molecule has 0 aliphatic carbocycles. The van der Waals surface area contributed by atoms with Gasteiger partial charge in [0.05, 0.1) is 42.0 Å². The Bertz CT molecular complexity index is 2730. The lowest BCUT2D eigenvalue weighted by molar-refractivity contribution is -0.112. The lowest BCUT2D eigenvalue weighted by Crippen LogP contribution is -2.45. The third kappa shape index (κ3) is 12.6. The van der Waals surface area contributed by atoms with Crippen LogP contribution in [0.1, 0.15) is 113 Å². The van der Waals surface area contributed by atoms with E-state index in [1.54, 1.807) is 64.1 Å². The summed E-state index contributed by atoms with van der Waals surface area (Å²) in [6.07, 6.45) is 1.22. The van der Waals surface area contributed by atoms with E-state index in [0.29, 0.717) is 35.1 Å². The van der Waals surface area contributed by atoms with Crippen LogP contribution in [0, 0.1) is 6.92 Å². The summed E-state index contributed by atoms with van der Waals surface area (Å²) < 4.78 is 27.9. The van der Waals surface area contributed by atoms with E-state index >= 15 is 0 Å². The van der Waals surface area contributed by atoms with E-state index in [1.807, 2.05) is 20.5 Å². The first kappa shape index (κ1) is 51.3. The van der Waals surface area contributed by atoms with Gasteiger partial charge in [0.15, 0.2) is 11.5 Å². The fraction of sp³-hybridized carbons (Fsp3) is 0.224. The highest BCUT2D eigenvalue weighted by atomic mass is 32.7. The maximum Gasteiger partial charge on any atom is 0.343 e. The number of benzene rings is 5. The number of imide groups is 2. The highest BCUT2D eigenvalue weighted by molar-refractivity contribution is 8.55. The average Bonchev–Trinajstić information content (AvgIpc) is 3.56. The summed E-state index contributed by atoms with van der Waals surface area (Å²) >= 11 is 1.25. The van der Waals surface area contributed by atoms with Gasteiger partial charge in [0.25, 0.3) is 17.7 Å². The number of carbonyl (C=O) groups is 8. The molecule has 0 saturated carbocycles. The zero-order valence-electron chi connectivity index (χ0n) is 38.1. The van der Waals surface area contributed by atoms with E-state index in [0.717, 1.165) is 14.8 Å². The molecule has 0 radical (unpaired) electrons. The minimum Gasteiger partial charge on any atom is -0.497 e. The van der Waals surface area contributed by atoms with Crippen LogP contribution in [0.15, 0.2) is 103 Å². The third-order valence-corrected chi connectivity index (χ3v) is 16.6. The number of amides is 4. The van der Waals surface area contributed by atoms with E-state index in [2.05, 4.69) is 9.24 Å². The third-order valence-electron chi connectivity index (χ3n) is 9.91. The quantitative estimate of drug-likeness (QED) is 0.0255. The number of esters is 3. The zero-order chi connectivity index (χ0) is 49.4. The minimum absolute atomic E-state index is 0.0543. The topological polar surface area (TPSA) is 189 Å². The van der Waals surface area contributed by atoms with Gasteiger partial charge in [-0.1, -0.05) is 26.0 Å². The predicted molar refractivity (Wildman–Crippen MR) is 257 cm³/mol. The summed E-state index contributed by atoms with van der Waals surface area (Å²) in [5, 5.41) is 0. The summed E-state index contributed by atoms with van der Waals surface area (Å²) in [5.74, 6) is -2.18. The molecule has 0 bridgehead atoms. The second-order valence-electron chi connectivity index (χ2n) is 16.3. The lowest BCUT2D eigenvalue weighted by atomic mass is 10.1. The van der Waals surface area contributed by atoms with Crippen molar-refractivity contribution in [2.45, 2.75) is 52.0 Å².